The molecule has 0 bridgehead atoms. The molecule has 3 rings (SSSR count). The smallest absolute Gasteiger partial charge is 0.0696 e. The van der Waals surface area contributed by atoms with E-state index in [-0.39, 0.29) is 4.87 Å². The molecule has 0 spiro atoms. The van der Waals surface area contributed by atoms with Gasteiger partial charge in [0.25, 0.3) is 0 Å². The van der Waals surface area contributed by atoms with Gasteiger partial charge in [0.15, 0.2) is 0 Å². The zero-order valence-electron chi connectivity index (χ0n) is 13.3. The van der Waals surface area contributed by atoms with E-state index in [1.54, 1.807) is 0 Å². The lowest BCUT2D eigenvalue weighted by Gasteiger charge is -2.16. The minimum Gasteiger partial charge on any atom is -0.302 e. The average molecular weight is 314 g/mol. The van der Waals surface area contributed by atoms with Crippen LogP contribution < -0.4 is 0 Å². The van der Waals surface area contributed by atoms with Gasteiger partial charge in [0.1, 0.15) is 0 Å². The summed E-state index contributed by atoms with van der Waals surface area (Å²) in [7, 11) is 2.19. The Morgan fingerprint density at radius 2 is 1.64 bits per heavy atom. The number of halogens is 1. The van der Waals surface area contributed by atoms with Crippen molar-refractivity contribution < 1.29 is 0 Å². The van der Waals surface area contributed by atoms with E-state index >= 15 is 0 Å². The molecule has 0 saturated heterocycles. The highest BCUT2D eigenvalue weighted by Gasteiger charge is 2.41. The van der Waals surface area contributed by atoms with Crippen LogP contribution in [0.5, 0.6) is 0 Å². The standard InChI is InChI=1S/C20H24ClN/c1-22(16-18-6-3-2-4-7-18)15-5-8-17-9-11-19(12-10-17)20(21)13-14-20/h2-4,6-7,9-12H,5,8,13-16H2,1H3. The molecule has 1 fully saturated rings. The molecule has 2 aromatic carbocycles. The van der Waals surface area contributed by atoms with Crippen LogP contribution in [0.2, 0.25) is 0 Å². The van der Waals surface area contributed by atoms with Crippen molar-refractivity contribution in [1.29, 1.82) is 0 Å². The first kappa shape index (κ1) is 15.6. The number of alkyl halides is 1. The maximum atomic E-state index is 6.44. The Labute approximate surface area is 138 Å². The van der Waals surface area contributed by atoms with Crippen LogP contribution in [0, 0.1) is 0 Å². The molecule has 2 aromatic rings. The average Bonchev–Trinajstić information content (AvgIpc) is 3.28. The Hall–Kier alpha value is -1.31. The molecule has 0 atom stereocenters. The predicted molar refractivity (Wildman–Crippen MR) is 94.3 cm³/mol. The summed E-state index contributed by atoms with van der Waals surface area (Å²) in [5.74, 6) is 0. The molecule has 0 unspecified atom stereocenters. The third-order valence-electron chi connectivity index (χ3n) is 4.46. The Kier molecular flexibility index (Phi) is 4.85. The fraction of sp³-hybridized carbons (Fsp3) is 0.400. The zero-order valence-corrected chi connectivity index (χ0v) is 14.0. The maximum absolute atomic E-state index is 6.44. The molecule has 1 aliphatic carbocycles. The lowest BCUT2D eigenvalue weighted by molar-refractivity contribution is 0.322. The van der Waals surface area contributed by atoms with Gasteiger partial charge >= 0.3 is 0 Å². The van der Waals surface area contributed by atoms with Crippen LogP contribution in [0.4, 0.5) is 0 Å². The van der Waals surface area contributed by atoms with Crippen LogP contribution in [-0.2, 0) is 17.8 Å². The van der Waals surface area contributed by atoms with Crippen molar-refractivity contribution in [3.8, 4) is 0 Å². The molecule has 1 nitrogen and oxygen atoms in total. The molecule has 2 heteroatoms. The van der Waals surface area contributed by atoms with Gasteiger partial charge in [0.2, 0.25) is 0 Å². The van der Waals surface area contributed by atoms with Crippen molar-refractivity contribution in [1.82, 2.24) is 4.90 Å². The van der Waals surface area contributed by atoms with Crippen molar-refractivity contribution in [2.75, 3.05) is 13.6 Å². The monoisotopic (exact) mass is 313 g/mol. The van der Waals surface area contributed by atoms with Crippen molar-refractivity contribution >= 4 is 11.6 Å². The first-order valence-electron chi connectivity index (χ1n) is 8.16. The Balaban J connectivity index is 1.42. The largest absolute Gasteiger partial charge is 0.302 e. The number of nitrogens with zero attached hydrogens (tertiary/aromatic N) is 1. The van der Waals surface area contributed by atoms with Gasteiger partial charge in [-0.25, -0.2) is 0 Å². The van der Waals surface area contributed by atoms with Crippen molar-refractivity contribution in [2.45, 2.75) is 37.1 Å². The van der Waals surface area contributed by atoms with E-state index in [1.807, 2.05) is 0 Å². The summed E-state index contributed by atoms with van der Waals surface area (Å²) in [5, 5.41) is 0. The van der Waals surface area contributed by atoms with Gasteiger partial charge in [0.05, 0.1) is 4.87 Å². The summed E-state index contributed by atoms with van der Waals surface area (Å²) in [6.45, 7) is 2.14. The summed E-state index contributed by atoms with van der Waals surface area (Å²) in [5.41, 5.74) is 4.09. The molecule has 0 heterocycles. The lowest BCUT2D eigenvalue weighted by atomic mass is 10.0. The van der Waals surface area contributed by atoms with Gasteiger partial charge in [-0.2, -0.15) is 0 Å². The topological polar surface area (TPSA) is 3.24 Å². The van der Waals surface area contributed by atoms with E-state index in [0.717, 1.165) is 32.4 Å². The second-order valence-corrected chi connectivity index (χ2v) is 7.21. The SMILES string of the molecule is CN(CCCc1ccc(C2(Cl)CC2)cc1)Cc1ccccc1. The van der Waals surface area contributed by atoms with Gasteiger partial charge in [-0.05, 0) is 56.0 Å². The highest BCUT2D eigenvalue weighted by Crippen LogP contribution is 2.51. The Bertz CT molecular complexity index is 587. The van der Waals surface area contributed by atoms with E-state index < -0.39 is 0 Å². The van der Waals surface area contributed by atoms with Gasteiger partial charge in [-0.15, -0.1) is 11.6 Å². The third-order valence-corrected chi connectivity index (χ3v) is 5.06. The van der Waals surface area contributed by atoms with E-state index in [0.29, 0.717) is 0 Å². The fourth-order valence-corrected chi connectivity index (χ4v) is 3.12. The van der Waals surface area contributed by atoms with Gasteiger partial charge in [-0.3, -0.25) is 0 Å². The third kappa shape index (κ3) is 4.12. The van der Waals surface area contributed by atoms with Crippen LogP contribution >= 0.6 is 11.6 Å². The first-order chi connectivity index (χ1) is 10.7. The van der Waals surface area contributed by atoms with Gasteiger partial charge in [0, 0.05) is 6.54 Å². The molecule has 0 amide bonds. The summed E-state index contributed by atoms with van der Waals surface area (Å²) in [6, 6.07) is 19.6. The van der Waals surface area contributed by atoms with E-state index in [4.69, 9.17) is 11.6 Å². The van der Waals surface area contributed by atoms with Crippen LogP contribution in [0.15, 0.2) is 54.6 Å². The van der Waals surface area contributed by atoms with E-state index in [1.165, 1.54) is 23.1 Å². The number of aryl methyl sites for hydroxylation is 1. The number of rotatable bonds is 7. The highest BCUT2D eigenvalue weighted by molar-refractivity contribution is 6.25. The van der Waals surface area contributed by atoms with Crippen LogP contribution in [-0.4, -0.2) is 18.5 Å². The molecule has 0 aromatic heterocycles. The van der Waals surface area contributed by atoms with Crippen molar-refractivity contribution in [3.63, 3.8) is 0 Å². The molecule has 0 N–H and O–H groups in total. The number of benzene rings is 2. The summed E-state index contributed by atoms with van der Waals surface area (Å²) < 4.78 is 0. The van der Waals surface area contributed by atoms with Gasteiger partial charge in [-0.1, -0.05) is 54.6 Å². The van der Waals surface area contributed by atoms with Crippen LogP contribution in [0.25, 0.3) is 0 Å². The second-order valence-electron chi connectivity index (χ2n) is 6.49. The number of hydrogen-bond donors (Lipinski definition) is 0. The van der Waals surface area contributed by atoms with Crippen molar-refractivity contribution in [2.24, 2.45) is 0 Å². The molecular formula is C20H24ClN. The molecule has 1 saturated carbocycles. The normalized spacial score (nSPS) is 16.0. The first-order valence-corrected chi connectivity index (χ1v) is 8.54. The quantitative estimate of drug-likeness (QED) is 0.652. The molecular weight excluding hydrogens is 290 g/mol. The zero-order chi connectivity index (χ0) is 15.4. The number of hydrogen-bond acceptors (Lipinski definition) is 1. The highest BCUT2D eigenvalue weighted by atomic mass is 35.5. The molecule has 0 aliphatic heterocycles. The molecule has 22 heavy (non-hydrogen) atoms. The predicted octanol–water partition coefficient (Wildman–Crippen LogP) is 4.98. The lowest BCUT2D eigenvalue weighted by Crippen LogP contribution is -2.19. The fourth-order valence-electron chi connectivity index (χ4n) is 2.90. The molecule has 116 valence electrons. The van der Waals surface area contributed by atoms with Crippen LogP contribution in [0.3, 0.4) is 0 Å². The Morgan fingerprint density at radius 1 is 0.955 bits per heavy atom. The summed E-state index contributed by atoms with van der Waals surface area (Å²) >= 11 is 6.44. The summed E-state index contributed by atoms with van der Waals surface area (Å²) in [4.78, 5) is 2.36. The van der Waals surface area contributed by atoms with Gasteiger partial charge < -0.3 is 4.90 Å². The van der Waals surface area contributed by atoms with Crippen molar-refractivity contribution in [3.05, 3.63) is 71.3 Å². The minimum atomic E-state index is -0.0333. The maximum Gasteiger partial charge on any atom is 0.0696 e. The molecule has 0 radical (unpaired) electrons. The second kappa shape index (κ2) is 6.85. The Morgan fingerprint density at radius 3 is 2.27 bits per heavy atom. The van der Waals surface area contributed by atoms with E-state index in [9.17, 15) is 0 Å². The van der Waals surface area contributed by atoms with Crippen LogP contribution in [0.1, 0.15) is 36.0 Å². The minimum absolute atomic E-state index is 0.0333. The molecule has 1 aliphatic rings. The summed E-state index contributed by atoms with van der Waals surface area (Å²) in [6.07, 6.45) is 4.57. The van der Waals surface area contributed by atoms with E-state index in [2.05, 4.69) is 66.5 Å².